The molecule has 0 bridgehead atoms. The Labute approximate surface area is 425 Å². The summed E-state index contributed by atoms with van der Waals surface area (Å²) in [5.74, 6) is -0.235. The number of allylic oxidation sites excluding steroid dienone is 1. The molecule has 2 heterocycles. The van der Waals surface area contributed by atoms with Crippen LogP contribution >= 0.6 is 0 Å². The lowest BCUT2D eigenvalue weighted by molar-refractivity contribution is -0.359. The summed E-state index contributed by atoms with van der Waals surface area (Å²) in [4.78, 5) is 13.2. The average Bonchev–Trinajstić information content (AvgIpc) is 3.36. The summed E-state index contributed by atoms with van der Waals surface area (Å²) in [5.41, 5.74) is 0. The Morgan fingerprint density at radius 3 is 1.31 bits per heavy atom. The lowest BCUT2D eigenvalue weighted by Gasteiger charge is -2.46. The third-order valence-electron chi connectivity index (χ3n) is 14.5. The molecule has 0 spiro atoms. The summed E-state index contributed by atoms with van der Waals surface area (Å²) >= 11 is 0. The first kappa shape index (κ1) is 64.8. The minimum absolute atomic E-state index is 0.235. The quantitative estimate of drug-likeness (QED) is 0.0205. The Kier molecular flexibility index (Phi) is 39.9. The molecule has 2 aliphatic heterocycles. The zero-order chi connectivity index (χ0) is 51.0. The molecular weight excluding hydrogens is 895 g/mol. The summed E-state index contributed by atoms with van der Waals surface area (Å²) < 4.78 is 22.7. The van der Waals surface area contributed by atoms with Crippen LogP contribution in [0.2, 0.25) is 0 Å². The molecular formula is C56H107NO13. The van der Waals surface area contributed by atoms with Crippen LogP contribution in [0.3, 0.4) is 0 Å². The van der Waals surface area contributed by atoms with Gasteiger partial charge in [0.2, 0.25) is 5.91 Å². The maximum Gasteiger partial charge on any atom is 0.220 e. The molecule has 0 saturated carbocycles. The topological polar surface area (TPSA) is 228 Å². The van der Waals surface area contributed by atoms with Crippen LogP contribution in [0.5, 0.6) is 0 Å². The lowest BCUT2D eigenvalue weighted by Crippen LogP contribution is -2.65. The summed E-state index contributed by atoms with van der Waals surface area (Å²) in [6.07, 6.45) is 31.1. The van der Waals surface area contributed by atoms with E-state index in [1.54, 1.807) is 6.08 Å². The summed E-state index contributed by atoms with van der Waals surface area (Å²) in [6, 6.07) is -0.908. The number of carbonyl (C=O) groups excluding carboxylic acids is 1. The van der Waals surface area contributed by atoms with Crippen LogP contribution in [-0.2, 0) is 23.7 Å². The number of carbonyl (C=O) groups is 1. The molecule has 70 heavy (non-hydrogen) atoms. The van der Waals surface area contributed by atoms with Crippen LogP contribution < -0.4 is 5.32 Å². The second-order valence-corrected chi connectivity index (χ2v) is 20.8. The van der Waals surface area contributed by atoms with Gasteiger partial charge in [0.1, 0.15) is 48.8 Å². The zero-order valence-electron chi connectivity index (χ0n) is 44.3. The Morgan fingerprint density at radius 2 is 0.886 bits per heavy atom. The number of rotatable bonds is 46. The van der Waals surface area contributed by atoms with Gasteiger partial charge in [-0.2, -0.15) is 0 Å². The molecule has 0 aromatic heterocycles. The number of hydrogen-bond acceptors (Lipinski definition) is 13. The van der Waals surface area contributed by atoms with Crippen LogP contribution in [0.25, 0.3) is 0 Å². The van der Waals surface area contributed by atoms with Crippen molar-refractivity contribution in [2.45, 2.75) is 319 Å². The molecule has 0 aromatic carbocycles. The third-order valence-corrected chi connectivity index (χ3v) is 14.5. The van der Waals surface area contributed by atoms with E-state index in [1.165, 1.54) is 180 Å². The highest BCUT2D eigenvalue weighted by Crippen LogP contribution is 2.30. The van der Waals surface area contributed by atoms with Gasteiger partial charge in [0.15, 0.2) is 12.6 Å². The van der Waals surface area contributed by atoms with Crippen molar-refractivity contribution in [3.05, 3.63) is 12.2 Å². The first-order chi connectivity index (χ1) is 34.1. The van der Waals surface area contributed by atoms with Crippen LogP contribution in [0.15, 0.2) is 12.2 Å². The second-order valence-electron chi connectivity index (χ2n) is 20.8. The van der Waals surface area contributed by atoms with E-state index in [0.717, 1.165) is 38.5 Å². The van der Waals surface area contributed by atoms with E-state index >= 15 is 0 Å². The van der Waals surface area contributed by atoms with E-state index in [4.69, 9.17) is 18.9 Å². The Balaban J connectivity index is 1.74. The van der Waals surface area contributed by atoms with Gasteiger partial charge in [0.05, 0.1) is 32.0 Å². The van der Waals surface area contributed by atoms with Gasteiger partial charge < -0.3 is 65.1 Å². The van der Waals surface area contributed by atoms with Crippen LogP contribution in [-0.4, -0.2) is 140 Å². The maximum absolute atomic E-state index is 13.2. The van der Waals surface area contributed by atoms with E-state index in [9.17, 15) is 45.6 Å². The molecule has 414 valence electrons. The number of hydrogen-bond donors (Lipinski definition) is 9. The maximum atomic E-state index is 13.2. The fraction of sp³-hybridized carbons (Fsp3) is 0.946. The zero-order valence-corrected chi connectivity index (χ0v) is 44.3. The largest absolute Gasteiger partial charge is 0.394 e. The number of aliphatic hydroxyl groups is 8. The third kappa shape index (κ3) is 29.0. The van der Waals surface area contributed by atoms with Crippen LogP contribution in [0.1, 0.15) is 245 Å². The minimum Gasteiger partial charge on any atom is -0.394 e. The SMILES string of the molecule is CCCCCCCCCCCCC/C=C/[C@@H](O)[C@H](CO[C@@H]1OC(CO)[C@H](O[C@@H]2OC(CO)[C@H](O)[C@H](O)C2O)[C@H](O)C1O)NC(=O)CCCCCCCCCCCCCCCCCCCCCCCCC. The molecule has 2 rings (SSSR count). The van der Waals surface area contributed by atoms with Gasteiger partial charge in [0.25, 0.3) is 0 Å². The predicted octanol–water partition coefficient (Wildman–Crippen LogP) is 9.11. The number of nitrogens with one attached hydrogen (secondary N) is 1. The van der Waals surface area contributed by atoms with Gasteiger partial charge in [-0.1, -0.05) is 231 Å². The standard InChI is InChI=1S/C56H107NO13/c1-3-5-7-9-11-13-15-17-18-19-20-21-22-23-24-25-26-28-30-32-34-36-38-40-48(61)57-44(45(60)39-37-35-33-31-29-27-16-14-12-10-8-6-4-2)43-67-55-53(66)51(64)54(47(42-59)69-55)70-56-52(65)50(63)49(62)46(41-58)68-56/h37,39,44-47,49-56,58-60,62-66H,3-36,38,40-43H2,1-2H3,(H,57,61)/b39-37+/t44-,45+,46?,47?,49-,50-,51+,52?,53?,54-,55+,56-/m0/s1. The van der Waals surface area contributed by atoms with Crippen molar-refractivity contribution in [1.29, 1.82) is 0 Å². The van der Waals surface area contributed by atoms with Gasteiger partial charge >= 0.3 is 0 Å². The molecule has 0 radical (unpaired) electrons. The van der Waals surface area contributed by atoms with Crippen LogP contribution in [0, 0.1) is 0 Å². The predicted molar refractivity (Wildman–Crippen MR) is 277 cm³/mol. The first-order valence-corrected chi connectivity index (χ1v) is 28.9. The van der Waals surface area contributed by atoms with E-state index in [0.29, 0.717) is 6.42 Å². The summed E-state index contributed by atoms with van der Waals surface area (Å²) in [5, 5.41) is 86.9. The smallest absolute Gasteiger partial charge is 0.220 e. The molecule has 14 nitrogen and oxygen atoms in total. The molecule has 4 unspecified atom stereocenters. The number of aliphatic hydroxyl groups excluding tert-OH is 8. The van der Waals surface area contributed by atoms with Crippen molar-refractivity contribution in [2.24, 2.45) is 0 Å². The number of amides is 1. The van der Waals surface area contributed by atoms with Crippen molar-refractivity contribution >= 4 is 5.91 Å². The molecule has 12 atom stereocenters. The first-order valence-electron chi connectivity index (χ1n) is 28.9. The van der Waals surface area contributed by atoms with Crippen molar-refractivity contribution in [3.63, 3.8) is 0 Å². The second kappa shape index (κ2) is 43.0. The van der Waals surface area contributed by atoms with Gasteiger partial charge in [-0.05, 0) is 19.3 Å². The van der Waals surface area contributed by atoms with Crippen molar-refractivity contribution in [3.8, 4) is 0 Å². The molecule has 2 fully saturated rings. The highest BCUT2D eigenvalue weighted by molar-refractivity contribution is 5.76. The molecule has 2 aliphatic rings. The molecule has 14 heteroatoms. The van der Waals surface area contributed by atoms with Gasteiger partial charge in [-0.15, -0.1) is 0 Å². The monoisotopic (exact) mass is 1000 g/mol. The summed E-state index contributed by atoms with van der Waals surface area (Å²) in [6.45, 7) is 2.81. The fourth-order valence-corrected chi connectivity index (χ4v) is 9.76. The number of ether oxygens (including phenoxy) is 4. The van der Waals surface area contributed by atoms with E-state index in [2.05, 4.69) is 19.2 Å². The minimum atomic E-state index is -1.78. The van der Waals surface area contributed by atoms with Gasteiger partial charge in [-0.25, -0.2) is 0 Å². The molecule has 9 N–H and O–H groups in total. The van der Waals surface area contributed by atoms with Gasteiger partial charge in [0, 0.05) is 6.42 Å². The molecule has 0 aromatic rings. The normalized spacial score (nSPS) is 26.0. The van der Waals surface area contributed by atoms with Crippen molar-refractivity contribution in [2.75, 3.05) is 19.8 Å². The highest BCUT2D eigenvalue weighted by atomic mass is 16.7. The van der Waals surface area contributed by atoms with Crippen molar-refractivity contribution in [1.82, 2.24) is 5.32 Å². The van der Waals surface area contributed by atoms with Crippen LogP contribution in [0.4, 0.5) is 0 Å². The molecule has 1 amide bonds. The molecule has 0 aliphatic carbocycles. The van der Waals surface area contributed by atoms with Gasteiger partial charge in [-0.3, -0.25) is 4.79 Å². The highest BCUT2D eigenvalue weighted by Gasteiger charge is 2.51. The van der Waals surface area contributed by atoms with Crippen molar-refractivity contribution < 1.29 is 64.6 Å². The Morgan fingerprint density at radius 1 is 0.500 bits per heavy atom. The molecule has 2 saturated heterocycles. The van der Waals surface area contributed by atoms with E-state index in [-0.39, 0.29) is 18.9 Å². The Bertz CT molecular complexity index is 1230. The van der Waals surface area contributed by atoms with E-state index < -0.39 is 86.8 Å². The fourth-order valence-electron chi connectivity index (χ4n) is 9.76. The number of unbranched alkanes of at least 4 members (excludes halogenated alkanes) is 33. The average molecular weight is 1000 g/mol. The Hall–Kier alpha value is -1.27. The van der Waals surface area contributed by atoms with E-state index in [1.807, 2.05) is 6.08 Å². The lowest BCUT2D eigenvalue weighted by atomic mass is 9.97. The summed E-state index contributed by atoms with van der Waals surface area (Å²) in [7, 11) is 0.